The number of rotatable bonds is 8. The fraction of sp³-hybridized carbons (Fsp3) is 0.324. The first-order valence-corrected chi connectivity index (χ1v) is 15.9. The van der Waals surface area contributed by atoms with E-state index >= 15 is 0 Å². The molecule has 45 heavy (non-hydrogen) atoms. The molecule has 230 valence electrons. The third kappa shape index (κ3) is 5.17. The quantitative estimate of drug-likeness (QED) is 0.185. The van der Waals surface area contributed by atoms with Gasteiger partial charge in [0.1, 0.15) is 35.4 Å². The van der Waals surface area contributed by atoms with E-state index < -0.39 is 0 Å². The number of allylic oxidation sites excluding steroid dienone is 1. The summed E-state index contributed by atoms with van der Waals surface area (Å²) in [6.45, 7) is 6.59. The Morgan fingerprint density at radius 3 is 2.62 bits per heavy atom. The van der Waals surface area contributed by atoms with Gasteiger partial charge in [-0.1, -0.05) is 68.5 Å². The molecular formula is C37H40FN7. The maximum Gasteiger partial charge on any atom is 0.150 e. The van der Waals surface area contributed by atoms with Crippen molar-refractivity contribution in [3.63, 3.8) is 0 Å². The zero-order valence-electron chi connectivity index (χ0n) is 26.4. The summed E-state index contributed by atoms with van der Waals surface area (Å²) in [5.41, 5.74) is 16.1. The molecule has 1 unspecified atom stereocenters. The summed E-state index contributed by atoms with van der Waals surface area (Å²) in [7, 11) is 2.01. The highest BCUT2D eigenvalue weighted by atomic mass is 19.1. The summed E-state index contributed by atoms with van der Waals surface area (Å²) in [6, 6.07) is 19.5. The van der Waals surface area contributed by atoms with Gasteiger partial charge in [-0.2, -0.15) is 0 Å². The number of fused-ring (bicyclic) bond motifs is 3. The lowest BCUT2D eigenvalue weighted by Gasteiger charge is -2.30. The van der Waals surface area contributed by atoms with Gasteiger partial charge >= 0.3 is 0 Å². The van der Waals surface area contributed by atoms with E-state index in [9.17, 15) is 4.39 Å². The van der Waals surface area contributed by atoms with Gasteiger partial charge in [-0.3, -0.25) is 4.40 Å². The van der Waals surface area contributed by atoms with Crippen molar-refractivity contribution in [2.24, 2.45) is 0 Å². The maximum absolute atomic E-state index is 13.0. The number of H-pyrrole nitrogens is 1. The molecule has 0 spiro atoms. The van der Waals surface area contributed by atoms with E-state index in [1.54, 1.807) is 0 Å². The molecule has 3 aromatic heterocycles. The minimum Gasteiger partial charge on any atom is -0.382 e. The Morgan fingerprint density at radius 1 is 1.07 bits per heavy atom. The number of aromatic amines is 1. The van der Waals surface area contributed by atoms with Crippen molar-refractivity contribution in [2.75, 3.05) is 26.0 Å². The molecule has 1 aliphatic carbocycles. The fourth-order valence-corrected chi connectivity index (χ4v) is 6.95. The van der Waals surface area contributed by atoms with Gasteiger partial charge in [-0.15, -0.1) is 0 Å². The number of aryl methyl sites for hydroxylation is 1. The average Bonchev–Trinajstić information content (AvgIpc) is 3.65. The molecule has 8 heteroatoms. The monoisotopic (exact) mass is 601 g/mol. The molecule has 0 bridgehead atoms. The number of nitrogens with zero attached hydrogens (tertiary/aromatic N) is 5. The SMILES string of the molecule is Cc1cccc2[nH]c(Cc3ccc(-c4nc(C(C)C)n5c(C6=CCC(N(C)CCF)CC6)cnc(N)c45)c4ccccc34)nc12. The Kier molecular flexibility index (Phi) is 7.61. The number of alkyl halides is 1. The van der Waals surface area contributed by atoms with Crippen LogP contribution in [0.5, 0.6) is 0 Å². The van der Waals surface area contributed by atoms with Gasteiger partial charge in [0.05, 0.1) is 22.9 Å². The predicted molar refractivity (Wildman–Crippen MR) is 182 cm³/mol. The molecule has 0 aliphatic heterocycles. The lowest BCUT2D eigenvalue weighted by atomic mass is 9.92. The highest BCUT2D eigenvalue weighted by Crippen LogP contribution is 2.39. The van der Waals surface area contributed by atoms with Crippen molar-refractivity contribution < 1.29 is 4.39 Å². The number of hydrogen-bond donors (Lipinski definition) is 2. The number of nitrogens with two attached hydrogens (primary N) is 1. The predicted octanol–water partition coefficient (Wildman–Crippen LogP) is 7.87. The minimum atomic E-state index is -0.323. The molecule has 0 fully saturated rings. The second-order valence-corrected chi connectivity index (χ2v) is 12.7. The Hall–Kier alpha value is -4.56. The van der Waals surface area contributed by atoms with E-state index in [1.807, 2.05) is 13.2 Å². The van der Waals surface area contributed by atoms with Crippen LogP contribution in [-0.4, -0.2) is 55.5 Å². The number of imidazole rings is 2. The van der Waals surface area contributed by atoms with Crippen LogP contribution < -0.4 is 5.73 Å². The molecule has 0 radical (unpaired) electrons. The molecule has 0 saturated carbocycles. The lowest BCUT2D eigenvalue weighted by molar-refractivity contribution is 0.211. The first-order chi connectivity index (χ1) is 21.8. The third-order valence-corrected chi connectivity index (χ3v) is 9.39. The Bertz CT molecular complexity index is 2070. The summed E-state index contributed by atoms with van der Waals surface area (Å²) < 4.78 is 15.2. The standard InChI is InChI=1S/C37H40FN7/c1-22(2)37-43-34(35-36(39)40-21-31(45(35)37)24-12-15-26(16-13-24)44(4)19-18-38)29-17-14-25(27-9-5-6-10-28(27)29)20-32-41-30-11-7-8-23(3)33(30)42-32/h5-12,14,17,21-22,26H,13,15-16,18-20H2,1-4H3,(H2,39,40)(H,41,42). The number of para-hydroxylation sites is 1. The number of hydrogen-bond acceptors (Lipinski definition) is 5. The van der Waals surface area contributed by atoms with Crippen molar-refractivity contribution in [3.8, 4) is 11.3 Å². The lowest BCUT2D eigenvalue weighted by Crippen LogP contribution is -2.34. The van der Waals surface area contributed by atoms with Gasteiger partial charge in [0.15, 0.2) is 0 Å². The van der Waals surface area contributed by atoms with Gasteiger partial charge in [-0.25, -0.2) is 19.3 Å². The highest BCUT2D eigenvalue weighted by Gasteiger charge is 2.26. The van der Waals surface area contributed by atoms with E-state index in [-0.39, 0.29) is 12.6 Å². The molecule has 3 aromatic carbocycles. The first kappa shape index (κ1) is 29.2. The number of nitrogen functional groups attached to an aromatic ring is 1. The molecule has 1 atom stereocenters. The molecule has 3 N–H and O–H groups in total. The van der Waals surface area contributed by atoms with Crippen LogP contribution in [0.3, 0.4) is 0 Å². The highest BCUT2D eigenvalue weighted by molar-refractivity contribution is 6.02. The summed E-state index contributed by atoms with van der Waals surface area (Å²) in [5, 5.41) is 2.29. The zero-order valence-corrected chi connectivity index (χ0v) is 26.4. The van der Waals surface area contributed by atoms with Crippen LogP contribution in [0.4, 0.5) is 10.2 Å². The van der Waals surface area contributed by atoms with Gasteiger partial charge in [0.2, 0.25) is 0 Å². The van der Waals surface area contributed by atoms with Crippen molar-refractivity contribution in [1.82, 2.24) is 29.2 Å². The molecule has 0 saturated heterocycles. The average molecular weight is 602 g/mol. The molecule has 1 aliphatic rings. The summed E-state index contributed by atoms with van der Waals surface area (Å²) in [4.78, 5) is 20.6. The number of anilines is 1. The Labute approximate surface area is 263 Å². The van der Waals surface area contributed by atoms with E-state index in [1.165, 1.54) is 22.1 Å². The van der Waals surface area contributed by atoms with Crippen LogP contribution in [0.2, 0.25) is 0 Å². The number of aromatic nitrogens is 5. The maximum atomic E-state index is 13.0. The Morgan fingerprint density at radius 2 is 1.89 bits per heavy atom. The van der Waals surface area contributed by atoms with Crippen LogP contribution in [-0.2, 0) is 6.42 Å². The normalized spacial score (nSPS) is 15.6. The van der Waals surface area contributed by atoms with Crippen LogP contribution in [0.1, 0.15) is 67.5 Å². The zero-order chi connectivity index (χ0) is 31.2. The smallest absolute Gasteiger partial charge is 0.150 e. The van der Waals surface area contributed by atoms with Crippen LogP contribution >= 0.6 is 0 Å². The van der Waals surface area contributed by atoms with Crippen LogP contribution in [0.15, 0.2) is 66.9 Å². The molecular weight excluding hydrogens is 561 g/mol. The molecule has 6 aromatic rings. The van der Waals surface area contributed by atoms with Gasteiger partial charge in [0.25, 0.3) is 0 Å². The second-order valence-electron chi connectivity index (χ2n) is 12.7. The minimum absolute atomic E-state index is 0.168. The number of benzene rings is 3. The summed E-state index contributed by atoms with van der Waals surface area (Å²) in [6.07, 6.45) is 7.64. The van der Waals surface area contributed by atoms with Crippen molar-refractivity contribution in [3.05, 3.63) is 95.3 Å². The molecule has 0 amide bonds. The molecule has 7 nitrogen and oxygen atoms in total. The number of halogens is 1. The van der Waals surface area contributed by atoms with E-state index in [4.69, 9.17) is 20.7 Å². The van der Waals surface area contributed by atoms with Crippen LogP contribution in [0, 0.1) is 6.92 Å². The summed E-state index contributed by atoms with van der Waals surface area (Å²) >= 11 is 0. The van der Waals surface area contributed by atoms with Crippen LogP contribution in [0.25, 0.3) is 44.2 Å². The van der Waals surface area contributed by atoms with E-state index in [0.29, 0.717) is 24.8 Å². The third-order valence-electron chi connectivity index (χ3n) is 9.39. The topological polar surface area (TPSA) is 88.1 Å². The fourth-order valence-electron chi connectivity index (χ4n) is 6.95. The Balaban J connectivity index is 1.34. The van der Waals surface area contributed by atoms with Crippen molar-refractivity contribution in [2.45, 2.75) is 58.4 Å². The van der Waals surface area contributed by atoms with Crippen molar-refractivity contribution in [1.29, 1.82) is 0 Å². The van der Waals surface area contributed by atoms with E-state index in [2.05, 4.69) is 95.7 Å². The van der Waals surface area contributed by atoms with Gasteiger partial charge < -0.3 is 15.6 Å². The number of nitrogens with one attached hydrogen (secondary N) is 1. The van der Waals surface area contributed by atoms with E-state index in [0.717, 1.165) is 69.8 Å². The first-order valence-electron chi connectivity index (χ1n) is 15.9. The summed E-state index contributed by atoms with van der Waals surface area (Å²) in [5.74, 6) is 2.55. The van der Waals surface area contributed by atoms with Crippen molar-refractivity contribution >= 4 is 38.7 Å². The second kappa shape index (κ2) is 11.7. The largest absolute Gasteiger partial charge is 0.382 e. The molecule has 7 rings (SSSR count). The molecule has 3 heterocycles. The van der Waals surface area contributed by atoms with Gasteiger partial charge in [-0.05, 0) is 66.8 Å². The van der Waals surface area contributed by atoms with Gasteiger partial charge in [0, 0.05) is 30.5 Å².